The minimum absolute atomic E-state index is 0.0591. The summed E-state index contributed by atoms with van der Waals surface area (Å²) in [5, 5.41) is 1.08. The zero-order chi connectivity index (χ0) is 9.42. The van der Waals surface area contributed by atoms with Crippen LogP contribution in [0, 0.1) is 6.92 Å². The highest BCUT2D eigenvalue weighted by Gasteiger charge is 2.03. The monoisotopic (exact) mass is 175 g/mol. The Bertz CT molecular complexity index is 514. The predicted molar refractivity (Wildman–Crippen MR) is 51.2 cm³/mol. The van der Waals surface area contributed by atoms with Crippen molar-refractivity contribution in [2.45, 2.75) is 6.92 Å². The molecule has 0 bridgehead atoms. The van der Waals surface area contributed by atoms with Crippen LogP contribution < -0.4 is 11.4 Å². The van der Waals surface area contributed by atoms with Crippen LogP contribution in [0.4, 0.5) is 0 Å². The van der Waals surface area contributed by atoms with E-state index < -0.39 is 0 Å². The molecule has 3 heteroatoms. The van der Waals surface area contributed by atoms with Gasteiger partial charge in [0.15, 0.2) is 0 Å². The molecule has 1 heterocycles. The topological polar surface area (TPSA) is 49.6 Å². The van der Waals surface area contributed by atoms with Crippen molar-refractivity contribution < 1.29 is 5.84 Å². The summed E-state index contributed by atoms with van der Waals surface area (Å²) in [4.78, 5) is 11.4. The zero-order valence-corrected chi connectivity index (χ0v) is 7.45. The minimum Gasteiger partial charge on any atom is -0.264 e. The summed E-state index contributed by atoms with van der Waals surface area (Å²) in [7, 11) is 0. The van der Waals surface area contributed by atoms with Gasteiger partial charge in [0.1, 0.15) is 5.52 Å². The molecule has 0 radical (unpaired) electrons. The van der Waals surface area contributed by atoms with Crippen LogP contribution in [0.2, 0.25) is 0 Å². The molecule has 0 fully saturated rings. The summed E-state index contributed by atoms with van der Waals surface area (Å²) in [5.74, 6) is 3.69. The number of para-hydroxylation sites is 1. The number of fused-ring (bicyclic) bond motifs is 1. The number of rotatable bonds is 0. The largest absolute Gasteiger partial charge is 0.296 e. The number of hydrogen-bond acceptors (Lipinski definition) is 1. The van der Waals surface area contributed by atoms with Crippen LogP contribution in [-0.2, 0) is 0 Å². The van der Waals surface area contributed by atoms with Crippen LogP contribution in [0.15, 0.2) is 35.1 Å². The Labute approximate surface area is 75.4 Å². The van der Waals surface area contributed by atoms with Crippen LogP contribution >= 0.6 is 0 Å². The van der Waals surface area contributed by atoms with E-state index in [4.69, 9.17) is 0 Å². The number of benzene rings is 1. The van der Waals surface area contributed by atoms with E-state index in [1.807, 2.05) is 31.2 Å². The normalized spacial score (nSPS) is 10.6. The van der Waals surface area contributed by atoms with E-state index in [0.717, 1.165) is 16.5 Å². The van der Waals surface area contributed by atoms with Crippen LogP contribution in [0.1, 0.15) is 5.56 Å². The highest BCUT2D eigenvalue weighted by molar-refractivity contribution is 5.81. The molecule has 2 aromatic rings. The van der Waals surface area contributed by atoms with E-state index in [-0.39, 0.29) is 5.56 Å². The molecule has 0 atom stereocenters. The Morgan fingerprint density at radius 1 is 1.31 bits per heavy atom. The Morgan fingerprint density at radius 3 is 2.77 bits per heavy atom. The van der Waals surface area contributed by atoms with E-state index in [2.05, 4.69) is 5.84 Å². The minimum atomic E-state index is -0.0591. The molecular weight excluding hydrogens is 164 g/mol. The van der Waals surface area contributed by atoms with Crippen molar-refractivity contribution in [2.24, 2.45) is 0 Å². The molecule has 0 saturated heterocycles. The van der Waals surface area contributed by atoms with Crippen LogP contribution in [-0.4, -0.2) is 4.68 Å². The number of quaternary nitrogens is 1. The smallest absolute Gasteiger partial charge is 0.264 e. The zero-order valence-electron chi connectivity index (χ0n) is 7.45. The number of pyridine rings is 1. The molecule has 0 aliphatic rings. The number of nitrogens with zero attached hydrogens (tertiary/aromatic N) is 1. The molecule has 66 valence electrons. The Hall–Kier alpha value is -1.61. The quantitative estimate of drug-likeness (QED) is 0.615. The molecule has 0 amide bonds. The molecule has 13 heavy (non-hydrogen) atoms. The molecule has 3 N–H and O–H groups in total. The van der Waals surface area contributed by atoms with Gasteiger partial charge in [-0.3, -0.25) is 4.79 Å². The summed E-state index contributed by atoms with van der Waals surface area (Å²) >= 11 is 0. The van der Waals surface area contributed by atoms with Crippen LogP contribution in [0.3, 0.4) is 0 Å². The molecule has 1 aromatic carbocycles. The molecule has 0 unspecified atom stereocenters. The summed E-state index contributed by atoms with van der Waals surface area (Å²) in [6.07, 6.45) is 0. The lowest BCUT2D eigenvalue weighted by Gasteiger charge is -2.02. The Balaban J connectivity index is 3.06. The van der Waals surface area contributed by atoms with Gasteiger partial charge in [0, 0.05) is 11.5 Å². The lowest BCUT2D eigenvalue weighted by Crippen LogP contribution is -2.62. The van der Waals surface area contributed by atoms with Crippen molar-refractivity contribution in [1.29, 1.82) is 0 Å². The van der Waals surface area contributed by atoms with Gasteiger partial charge < -0.3 is 0 Å². The van der Waals surface area contributed by atoms with Gasteiger partial charge in [-0.25, -0.2) is 5.84 Å². The molecule has 2 rings (SSSR count). The van der Waals surface area contributed by atoms with Crippen LogP contribution in [0.25, 0.3) is 10.9 Å². The van der Waals surface area contributed by atoms with Crippen molar-refractivity contribution in [2.75, 3.05) is 0 Å². The second-order valence-electron chi connectivity index (χ2n) is 3.11. The maximum Gasteiger partial charge on any atom is 0.296 e. The Morgan fingerprint density at radius 2 is 2.00 bits per heavy atom. The molecular formula is C10H11N2O+. The van der Waals surface area contributed by atoms with Crippen molar-refractivity contribution in [3.05, 3.63) is 46.2 Å². The summed E-state index contributed by atoms with van der Waals surface area (Å²) < 4.78 is 1.42. The third-order valence-corrected chi connectivity index (χ3v) is 2.23. The Kier molecular flexibility index (Phi) is 1.67. The molecule has 1 aromatic heterocycles. The third-order valence-electron chi connectivity index (χ3n) is 2.23. The van der Waals surface area contributed by atoms with E-state index in [1.165, 1.54) is 4.68 Å². The van der Waals surface area contributed by atoms with Crippen molar-refractivity contribution in [3.63, 3.8) is 0 Å². The van der Waals surface area contributed by atoms with Gasteiger partial charge in [0.2, 0.25) is 0 Å². The lowest BCUT2D eigenvalue weighted by molar-refractivity contribution is -0.438. The van der Waals surface area contributed by atoms with Gasteiger partial charge in [-0.1, -0.05) is 18.2 Å². The first-order valence-electron chi connectivity index (χ1n) is 4.12. The van der Waals surface area contributed by atoms with Crippen molar-refractivity contribution in [1.82, 2.24) is 4.68 Å². The maximum absolute atomic E-state index is 11.4. The van der Waals surface area contributed by atoms with Gasteiger partial charge in [-0.2, -0.15) is 4.68 Å². The summed E-state index contributed by atoms with van der Waals surface area (Å²) in [6.45, 7) is 1.93. The molecule has 3 nitrogen and oxygen atoms in total. The van der Waals surface area contributed by atoms with Gasteiger partial charge in [-0.05, 0) is 18.6 Å². The SMILES string of the molecule is Cc1cc(=O)n([NH3+])c2ccccc12. The van der Waals surface area contributed by atoms with Gasteiger partial charge in [-0.15, -0.1) is 0 Å². The first-order valence-corrected chi connectivity index (χ1v) is 4.12. The number of aromatic nitrogens is 1. The third kappa shape index (κ3) is 1.13. The van der Waals surface area contributed by atoms with Crippen molar-refractivity contribution in [3.8, 4) is 0 Å². The molecule has 0 saturated carbocycles. The van der Waals surface area contributed by atoms with E-state index in [1.54, 1.807) is 6.07 Å². The first-order chi connectivity index (χ1) is 6.20. The highest BCUT2D eigenvalue weighted by Crippen LogP contribution is 2.13. The first kappa shape index (κ1) is 8.01. The fourth-order valence-electron chi connectivity index (χ4n) is 1.50. The van der Waals surface area contributed by atoms with Gasteiger partial charge >= 0.3 is 0 Å². The maximum atomic E-state index is 11.4. The second-order valence-corrected chi connectivity index (χ2v) is 3.11. The highest BCUT2D eigenvalue weighted by atomic mass is 16.1. The van der Waals surface area contributed by atoms with Gasteiger partial charge in [0.25, 0.3) is 5.56 Å². The van der Waals surface area contributed by atoms with E-state index >= 15 is 0 Å². The summed E-state index contributed by atoms with van der Waals surface area (Å²) in [6, 6.07) is 9.36. The summed E-state index contributed by atoms with van der Waals surface area (Å²) in [5.41, 5.74) is 1.82. The molecule has 0 spiro atoms. The average molecular weight is 175 g/mol. The number of hydrogen-bond donors (Lipinski definition) is 1. The average Bonchev–Trinajstić information content (AvgIpc) is 2.15. The lowest BCUT2D eigenvalue weighted by atomic mass is 10.1. The predicted octanol–water partition coefficient (Wildman–Crippen LogP) is 0.315. The van der Waals surface area contributed by atoms with Crippen molar-refractivity contribution >= 4 is 10.9 Å². The number of aryl methyl sites for hydroxylation is 1. The fraction of sp³-hybridized carbons (Fsp3) is 0.100. The fourth-order valence-corrected chi connectivity index (χ4v) is 1.50. The molecule has 0 aliphatic heterocycles. The second kappa shape index (κ2) is 2.71. The standard InChI is InChI=1S/C10H10N2O/c1-7-6-10(13)12(11)9-5-3-2-4-8(7)9/h2-6H,11H2,1H3/p+1. The van der Waals surface area contributed by atoms with E-state index in [0.29, 0.717) is 0 Å². The van der Waals surface area contributed by atoms with E-state index in [9.17, 15) is 4.79 Å². The van der Waals surface area contributed by atoms with Gasteiger partial charge in [0.05, 0.1) is 0 Å². The van der Waals surface area contributed by atoms with Crippen LogP contribution in [0.5, 0.6) is 0 Å². The molecule has 0 aliphatic carbocycles.